The zero-order valence-electron chi connectivity index (χ0n) is 10.2. The van der Waals surface area contributed by atoms with E-state index in [2.05, 4.69) is 15.1 Å². The number of rotatable bonds is 2. The molecule has 0 aliphatic carbocycles. The van der Waals surface area contributed by atoms with Crippen LogP contribution in [0.1, 0.15) is 12.1 Å². The molecule has 3 N–H and O–H groups in total. The summed E-state index contributed by atoms with van der Waals surface area (Å²) in [4.78, 5) is 9.98. The van der Waals surface area contributed by atoms with Gasteiger partial charge in [0.2, 0.25) is 0 Å². The minimum absolute atomic E-state index is 0.0686. The summed E-state index contributed by atoms with van der Waals surface area (Å²) >= 11 is 0. The van der Waals surface area contributed by atoms with E-state index in [1.54, 1.807) is 4.90 Å². The lowest BCUT2D eigenvalue weighted by atomic mass is 10.3. The Morgan fingerprint density at radius 3 is 2.79 bits per heavy atom. The van der Waals surface area contributed by atoms with E-state index < -0.39 is 9.84 Å². The van der Waals surface area contributed by atoms with Crippen LogP contribution in [-0.2, 0) is 9.84 Å². The normalized spacial score (nSPS) is 20.0. The first-order chi connectivity index (χ1) is 9.03. The molecule has 1 aliphatic heterocycles. The van der Waals surface area contributed by atoms with Crippen LogP contribution in [-0.4, -0.2) is 54.0 Å². The van der Waals surface area contributed by atoms with E-state index in [1.807, 2.05) is 0 Å². The van der Waals surface area contributed by atoms with Gasteiger partial charge in [0, 0.05) is 25.5 Å². The van der Waals surface area contributed by atoms with Crippen LogP contribution in [0.15, 0.2) is 17.5 Å². The minimum atomic E-state index is -3.00. The molecule has 0 radical (unpaired) electrons. The van der Waals surface area contributed by atoms with E-state index in [4.69, 9.17) is 10.9 Å². The van der Waals surface area contributed by atoms with E-state index in [9.17, 15) is 8.42 Å². The second kappa shape index (κ2) is 5.39. The highest BCUT2D eigenvalue weighted by atomic mass is 32.2. The first-order valence-corrected chi connectivity index (χ1v) is 7.60. The molecule has 0 amide bonds. The molecule has 104 valence electrons. The molecule has 1 fully saturated rings. The van der Waals surface area contributed by atoms with Crippen molar-refractivity contribution in [3.8, 4) is 0 Å². The fourth-order valence-electron chi connectivity index (χ4n) is 1.94. The smallest absolute Gasteiger partial charge is 0.192 e. The van der Waals surface area contributed by atoms with Gasteiger partial charge in [-0.05, 0) is 6.42 Å². The number of hydrogen-bond donors (Lipinski definition) is 2. The maximum atomic E-state index is 11.6. The molecular weight excluding hydrogens is 270 g/mol. The monoisotopic (exact) mass is 285 g/mol. The van der Waals surface area contributed by atoms with Crippen LogP contribution in [0.4, 0.5) is 5.82 Å². The molecule has 19 heavy (non-hydrogen) atoms. The summed E-state index contributed by atoms with van der Waals surface area (Å²) < 4.78 is 23.1. The largest absolute Gasteiger partial charge is 0.409 e. The van der Waals surface area contributed by atoms with Gasteiger partial charge < -0.3 is 15.8 Å². The lowest BCUT2D eigenvalue weighted by Crippen LogP contribution is -2.31. The molecule has 1 aliphatic rings. The van der Waals surface area contributed by atoms with Crippen molar-refractivity contribution in [2.24, 2.45) is 10.9 Å². The first kappa shape index (κ1) is 13.5. The number of aromatic nitrogens is 2. The second-order valence-electron chi connectivity index (χ2n) is 4.21. The molecule has 0 spiro atoms. The van der Waals surface area contributed by atoms with Crippen molar-refractivity contribution in [1.82, 2.24) is 9.97 Å². The Kier molecular flexibility index (Phi) is 3.84. The third kappa shape index (κ3) is 3.11. The van der Waals surface area contributed by atoms with Gasteiger partial charge in [0.1, 0.15) is 0 Å². The van der Waals surface area contributed by atoms with Gasteiger partial charge in [-0.2, -0.15) is 0 Å². The average Bonchev–Trinajstić information content (AvgIpc) is 2.59. The number of sulfone groups is 1. The van der Waals surface area contributed by atoms with E-state index in [0.29, 0.717) is 25.3 Å². The molecular formula is C10H15N5O3S. The van der Waals surface area contributed by atoms with E-state index >= 15 is 0 Å². The standard InChI is InChI=1S/C10H15N5O3S/c11-9(14-16)8-10(13-3-2-12-8)15-4-1-6-19(17,18)7-5-15/h2-3,16H,1,4-7H2,(H2,11,14). The van der Waals surface area contributed by atoms with Gasteiger partial charge in [0.25, 0.3) is 0 Å². The first-order valence-electron chi connectivity index (χ1n) is 5.78. The van der Waals surface area contributed by atoms with Crippen LogP contribution < -0.4 is 10.6 Å². The van der Waals surface area contributed by atoms with Crippen LogP contribution in [0.5, 0.6) is 0 Å². The van der Waals surface area contributed by atoms with Crippen molar-refractivity contribution in [3.63, 3.8) is 0 Å². The number of nitrogens with two attached hydrogens (primary N) is 1. The summed E-state index contributed by atoms with van der Waals surface area (Å²) in [5, 5.41) is 11.6. The van der Waals surface area contributed by atoms with Gasteiger partial charge in [-0.25, -0.2) is 18.4 Å². The summed E-state index contributed by atoms with van der Waals surface area (Å²) in [6.07, 6.45) is 3.45. The molecule has 1 saturated heterocycles. The maximum absolute atomic E-state index is 11.6. The second-order valence-corrected chi connectivity index (χ2v) is 6.51. The fourth-order valence-corrected chi connectivity index (χ4v) is 3.21. The number of nitrogens with zero attached hydrogens (tertiary/aromatic N) is 4. The van der Waals surface area contributed by atoms with E-state index in [-0.39, 0.29) is 23.0 Å². The molecule has 1 aromatic rings. The van der Waals surface area contributed by atoms with Crippen LogP contribution in [0.2, 0.25) is 0 Å². The van der Waals surface area contributed by atoms with Crippen molar-refractivity contribution >= 4 is 21.5 Å². The van der Waals surface area contributed by atoms with Gasteiger partial charge in [0.05, 0.1) is 11.5 Å². The highest BCUT2D eigenvalue weighted by molar-refractivity contribution is 7.91. The van der Waals surface area contributed by atoms with Crippen molar-refractivity contribution in [1.29, 1.82) is 0 Å². The number of amidine groups is 1. The number of anilines is 1. The number of oxime groups is 1. The van der Waals surface area contributed by atoms with Gasteiger partial charge in [-0.1, -0.05) is 5.16 Å². The summed E-state index contributed by atoms with van der Waals surface area (Å²) in [6.45, 7) is 0.871. The molecule has 2 heterocycles. The maximum Gasteiger partial charge on any atom is 0.192 e. The van der Waals surface area contributed by atoms with Crippen molar-refractivity contribution < 1.29 is 13.6 Å². The zero-order valence-corrected chi connectivity index (χ0v) is 11.0. The van der Waals surface area contributed by atoms with Crippen LogP contribution in [0.25, 0.3) is 0 Å². The van der Waals surface area contributed by atoms with Gasteiger partial charge in [-0.15, -0.1) is 0 Å². The summed E-state index contributed by atoms with van der Waals surface area (Å²) in [7, 11) is -3.00. The lowest BCUT2D eigenvalue weighted by Gasteiger charge is -2.22. The van der Waals surface area contributed by atoms with Gasteiger partial charge >= 0.3 is 0 Å². The minimum Gasteiger partial charge on any atom is -0.409 e. The van der Waals surface area contributed by atoms with E-state index in [1.165, 1.54) is 12.4 Å². The Labute approximate surface area is 110 Å². The Morgan fingerprint density at radius 1 is 1.32 bits per heavy atom. The predicted octanol–water partition coefficient (Wildman–Crippen LogP) is -0.804. The molecule has 0 unspecified atom stereocenters. The SMILES string of the molecule is NC(=NO)c1nccnc1N1CCCS(=O)(=O)CC1. The molecule has 0 atom stereocenters. The van der Waals surface area contributed by atoms with Crippen LogP contribution >= 0.6 is 0 Å². The topological polar surface area (TPSA) is 122 Å². The summed E-state index contributed by atoms with van der Waals surface area (Å²) in [6, 6.07) is 0. The summed E-state index contributed by atoms with van der Waals surface area (Å²) in [5.74, 6) is 0.534. The highest BCUT2D eigenvalue weighted by Crippen LogP contribution is 2.17. The molecule has 0 aromatic carbocycles. The van der Waals surface area contributed by atoms with Crippen LogP contribution in [0.3, 0.4) is 0 Å². The average molecular weight is 285 g/mol. The van der Waals surface area contributed by atoms with Crippen molar-refractivity contribution in [2.45, 2.75) is 6.42 Å². The van der Waals surface area contributed by atoms with Crippen molar-refractivity contribution in [2.75, 3.05) is 29.5 Å². The van der Waals surface area contributed by atoms with Gasteiger partial charge in [0.15, 0.2) is 27.2 Å². The van der Waals surface area contributed by atoms with Crippen LogP contribution in [0, 0.1) is 0 Å². The lowest BCUT2D eigenvalue weighted by molar-refractivity contribution is 0.318. The van der Waals surface area contributed by atoms with Crippen molar-refractivity contribution in [3.05, 3.63) is 18.1 Å². The zero-order chi connectivity index (χ0) is 13.9. The molecule has 9 heteroatoms. The third-order valence-electron chi connectivity index (χ3n) is 2.88. The number of hydrogen-bond acceptors (Lipinski definition) is 7. The molecule has 0 saturated carbocycles. The molecule has 2 rings (SSSR count). The fraction of sp³-hybridized carbons (Fsp3) is 0.500. The Hall–Kier alpha value is -1.90. The Balaban J connectivity index is 2.32. The third-order valence-corrected chi connectivity index (χ3v) is 4.60. The quantitative estimate of drug-likeness (QED) is 0.315. The highest BCUT2D eigenvalue weighted by Gasteiger charge is 2.23. The summed E-state index contributed by atoms with van der Waals surface area (Å²) in [5.41, 5.74) is 5.80. The molecule has 8 nitrogen and oxygen atoms in total. The van der Waals surface area contributed by atoms with E-state index in [0.717, 1.165) is 0 Å². The Morgan fingerprint density at radius 2 is 2.05 bits per heavy atom. The Bertz CT molecular complexity index is 587. The van der Waals surface area contributed by atoms with Gasteiger partial charge in [-0.3, -0.25) is 0 Å². The molecule has 1 aromatic heterocycles. The molecule has 0 bridgehead atoms. The predicted molar refractivity (Wildman–Crippen MR) is 70.0 cm³/mol.